The summed E-state index contributed by atoms with van der Waals surface area (Å²) in [5.74, 6) is 0.878. The molecule has 0 radical (unpaired) electrons. The third-order valence-corrected chi connectivity index (χ3v) is 4.90. The predicted octanol–water partition coefficient (Wildman–Crippen LogP) is 2.83. The topological polar surface area (TPSA) is 23.5 Å². The number of piperidine rings is 1. The van der Waals surface area contributed by atoms with E-state index in [0.717, 1.165) is 12.3 Å². The molecule has 0 spiro atoms. The molecule has 1 atom stereocenters. The van der Waals surface area contributed by atoms with Gasteiger partial charge in [-0.15, -0.1) is 0 Å². The monoisotopic (exact) mass is 237 g/mol. The lowest BCUT2D eigenvalue weighted by atomic mass is 9.76. The average Bonchev–Trinajstić information content (AvgIpc) is 2.41. The summed E-state index contributed by atoms with van der Waals surface area (Å²) >= 11 is 0. The molecule has 1 unspecified atom stereocenters. The molecular weight excluding hydrogens is 210 g/mol. The van der Waals surface area contributed by atoms with Crippen molar-refractivity contribution >= 4 is 0 Å². The van der Waals surface area contributed by atoms with E-state index in [1.54, 1.807) is 0 Å². The van der Waals surface area contributed by atoms with Crippen molar-refractivity contribution in [1.29, 1.82) is 0 Å². The molecule has 17 heavy (non-hydrogen) atoms. The van der Waals surface area contributed by atoms with Gasteiger partial charge in [-0.3, -0.25) is 0 Å². The summed E-state index contributed by atoms with van der Waals surface area (Å²) in [5.41, 5.74) is 0.239. The third kappa shape index (κ3) is 3.32. The van der Waals surface area contributed by atoms with Crippen LogP contribution in [0.15, 0.2) is 12.2 Å². The Kier molecular flexibility index (Phi) is 4.63. The Morgan fingerprint density at radius 2 is 2.06 bits per heavy atom. The highest BCUT2D eigenvalue weighted by molar-refractivity contribution is 4.92. The normalized spacial score (nSPS) is 29.4. The first-order valence-corrected chi connectivity index (χ1v) is 7.26. The van der Waals surface area contributed by atoms with Gasteiger partial charge in [-0.2, -0.15) is 0 Å². The molecule has 1 N–H and O–H groups in total. The lowest BCUT2D eigenvalue weighted by Gasteiger charge is -2.41. The number of aliphatic hydroxyl groups excluding tert-OH is 1. The zero-order valence-corrected chi connectivity index (χ0v) is 11.2. The number of hydrogen-bond acceptors (Lipinski definition) is 2. The van der Waals surface area contributed by atoms with E-state index < -0.39 is 0 Å². The Hall–Kier alpha value is -0.340. The Morgan fingerprint density at radius 1 is 1.29 bits per heavy atom. The van der Waals surface area contributed by atoms with Gasteiger partial charge in [0.05, 0.1) is 0 Å². The van der Waals surface area contributed by atoms with Crippen LogP contribution in [0.4, 0.5) is 0 Å². The van der Waals surface area contributed by atoms with Crippen molar-refractivity contribution in [3.63, 3.8) is 0 Å². The molecule has 2 nitrogen and oxygen atoms in total. The first-order valence-electron chi connectivity index (χ1n) is 7.26. The lowest BCUT2D eigenvalue weighted by Crippen LogP contribution is -2.43. The Balaban J connectivity index is 1.77. The Labute approximate surface area is 106 Å². The summed E-state index contributed by atoms with van der Waals surface area (Å²) in [5, 5.41) is 9.52. The summed E-state index contributed by atoms with van der Waals surface area (Å²) in [7, 11) is 0. The maximum atomic E-state index is 9.52. The molecule has 0 aromatic carbocycles. The van der Waals surface area contributed by atoms with Gasteiger partial charge in [-0.05, 0) is 62.9 Å². The van der Waals surface area contributed by atoms with Crippen molar-refractivity contribution < 1.29 is 5.11 Å². The SMILES string of the molecule is CCC1(CO)CCN(CC2CC=CCC2)CC1. The molecule has 2 aliphatic rings. The van der Waals surface area contributed by atoms with E-state index in [9.17, 15) is 5.11 Å². The zero-order valence-electron chi connectivity index (χ0n) is 11.2. The minimum Gasteiger partial charge on any atom is -0.396 e. The standard InChI is InChI=1S/C15H27NO/c1-2-15(13-17)8-10-16(11-9-15)12-14-6-4-3-5-7-14/h3-4,14,17H,2,5-13H2,1H3. The van der Waals surface area contributed by atoms with Gasteiger partial charge in [0.25, 0.3) is 0 Å². The number of aliphatic hydroxyl groups is 1. The number of hydrogen-bond donors (Lipinski definition) is 1. The third-order valence-electron chi connectivity index (χ3n) is 4.90. The minimum atomic E-state index is 0.239. The van der Waals surface area contributed by atoms with Crippen molar-refractivity contribution in [1.82, 2.24) is 4.90 Å². The van der Waals surface area contributed by atoms with Crippen LogP contribution in [0.25, 0.3) is 0 Å². The first-order chi connectivity index (χ1) is 8.28. The fourth-order valence-corrected chi connectivity index (χ4v) is 3.22. The predicted molar refractivity (Wildman–Crippen MR) is 72.0 cm³/mol. The van der Waals surface area contributed by atoms with Gasteiger partial charge >= 0.3 is 0 Å². The Morgan fingerprint density at radius 3 is 2.59 bits per heavy atom. The summed E-state index contributed by atoms with van der Waals surface area (Å²) < 4.78 is 0. The number of allylic oxidation sites excluding steroid dienone is 2. The van der Waals surface area contributed by atoms with Gasteiger partial charge in [-0.25, -0.2) is 0 Å². The molecule has 0 bridgehead atoms. The second-order valence-electron chi connectivity index (χ2n) is 5.96. The molecule has 1 aliphatic carbocycles. The largest absolute Gasteiger partial charge is 0.396 e. The van der Waals surface area contributed by atoms with E-state index in [4.69, 9.17) is 0 Å². The van der Waals surface area contributed by atoms with Crippen molar-refractivity contribution in [2.75, 3.05) is 26.2 Å². The van der Waals surface area contributed by atoms with Gasteiger partial charge in [0.1, 0.15) is 0 Å². The first kappa shape index (κ1) is 13.1. The van der Waals surface area contributed by atoms with Crippen LogP contribution in [0.3, 0.4) is 0 Å². The summed E-state index contributed by atoms with van der Waals surface area (Å²) in [6, 6.07) is 0. The van der Waals surface area contributed by atoms with Crippen LogP contribution in [-0.2, 0) is 0 Å². The number of nitrogens with zero attached hydrogens (tertiary/aromatic N) is 1. The summed E-state index contributed by atoms with van der Waals surface area (Å²) in [4.78, 5) is 2.62. The van der Waals surface area contributed by atoms with Crippen LogP contribution in [0.2, 0.25) is 0 Å². The smallest absolute Gasteiger partial charge is 0.0488 e. The Bertz CT molecular complexity index is 248. The summed E-state index contributed by atoms with van der Waals surface area (Å²) in [6.07, 6.45) is 12.1. The lowest BCUT2D eigenvalue weighted by molar-refractivity contribution is 0.0350. The van der Waals surface area contributed by atoms with E-state index in [0.29, 0.717) is 6.61 Å². The van der Waals surface area contributed by atoms with E-state index in [1.165, 1.54) is 51.7 Å². The van der Waals surface area contributed by atoms with Crippen molar-refractivity contribution in [2.24, 2.45) is 11.3 Å². The van der Waals surface area contributed by atoms with E-state index in [1.807, 2.05) is 0 Å². The molecule has 0 saturated carbocycles. The fourth-order valence-electron chi connectivity index (χ4n) is 3.22. The minimum absolute atomic E-state index is 0.239. The molecule has 0 amide bonds. The average molecular weight is 237 g/mol. The highest BCUT2D eigenvalue weighted by Crippen LogP contribution is 2.34. The van der Waals surface area contributed by atoms with Crippen molar-refractivity contribution in [2.45, 2.75) is 45.4 Å². The molecule has 0 aromatic rings. The molecule has 1 fully saturated rings. The molecular formula is C15H27NO. The van der Waals surface area contributed by atoms with Gasteiger partial charge in [0.2, 0.25) is 0 Å². The van der Waals surface area contributed by atoms with Crippen molar-refractivity contribution in [3.05, 3.63) is 12.2 Å². The molecule has 2 heteroatoms. The maximum Gasteiger partial charge on any atom is 0.0488 e. The molecule has 1 saturated heterocycles. The van der Waals surface area contributed by atoms with E-state index in [-0.39, 0.29) is 5.41 Å². The highest BCUT2D eigenvalue weighted by Gasteiger charge is 2.32. The summed E-state index contributed by atoms with van der Waals surface area (Å²) in [6.45, 7) is 6.25. The van der Waals surface area contributed by atoms with Crippen LogP contribution >= 0.6 is 0 Å². The number of rotatable bonds is 4. The van der Waals surface area contributed by atoms with Gasteiger partial charge in [-0.1, -0.05) is 19.1 Å². The van der Waals surface area contributed by atoms with Gasteiger partial charge in [0, 0.05) is 13.2 Å². The second kappa shape index (κ2) is 6.01. The van der Waals surface area contributed by atoms with Gasteiger partial charge in [0.15, 0.2) is 0 Å². The molecule has 0 aromatic heterocycles. The molecule has 2 rings (SSSR count). The van der Waals surface area contributed by atoms with E-state index in [2.05, 4.69) is 24.0 Å². The van der Waals surface area contributed by atoms with Crippen LogP contribution in [0.5, 0.6) is 0 Å². The quantitative estimate of drug-likeness (QED) is 0.760. The van der Waals surface area contributed by atoms with Crippen LogP contribution in [0, 0.1) is 11.3 Å². The number of likely N-dealkylation sites (tertiary alicyclic amines) is 1. The van der Waals surface area contributed by atoms with Crippen LogP contribution in [0.1, 0.15) is 45.4 Å². The molecule has 1 heterocycles. The van der Waals surface area contributed by atoms with E-state index >= 15 is 0 Å². The van der Waals surface area contributed by atoms with Crippen molar-refractivity contribution in [3.8, 4) is 0 Å². The van der Waals surface area contributed by atoms with Gasteiger partial charge < -0.3 is 10.0 Å². The van der Waals surface area contributed by atoms with Crippen LogP contribution < -0.4 is 0 Å². The second-order valence-corrected chi connectivity index (χ2v) is 5.96. The van der Waals surface area contributed by atoms with Crippen LogP contribution in [-0.4, -0.2) is 36.2 Å². The maximum absolute atomic E-state index is 9.52. The fraction of sp³-hybridized carbons (Fsp3) is 0.867. The zero-order chi connectivity index (χ0) is 12.1. The molecule has 98 valence electrons. The highest BCUT2D eigenvalue weighted by atomic mass is 16.3. The molecule has 1 aliphatic heterocycles.